The summed E-state index contributed by atoms with van der Waals surface area (Å²) >= 11 is 0. The molecule has 2 saturated heterocycles. The summed E-state index contributed by atoms with van der Waals surface area (Å²) in [5.41, 5.74) is 1.49. The zero-order chi connectivity index (χ0) is 40.8. The average molecular weight is 784 g/mol. The number of likely N-dealkylation sites (tertiary alicyclic amines) is 1. The normalized spacial score (nSPS) is 17.9. The second-order valence-electron chi connectivity index (χ2n) is 15.6. The van der Waals surface area contributed by atoms with Crippen LogP contribution in [0.4, 0.5) is 24.1 Å². The fourth-order valence-corrected chi connectivity index (χ4v) is 7.51. The first-order valence-electron chi connectivity index (χ1n) is 19.3. The zero-order valence-corrected chi connectivity index (χ0v) is 33.4. The van der Waals surface area contributed by atoms with E-state index in [1.54, 1.807) is 16.0 Å². The highest BCUT2D eigenvalue weighted by atomic mass is 19.1. The van der Waals surface area contributed by atoms with Crippen LogP contribution in [0, 0.1) is 29.4 Å². The maximum atomic E-state index is 15.7. The molecule has 1 aromatic carbocycles. The van der Waals surface area contributed by atoms with Crippen LogP contribution in [0.25, 0.3) is 11.3 Å². The van der Waals surface area contributed by atoms with Crippen molar-refractivity contribution in [3.63, 3.8) is 0 Å². The summed E-state index contributed by atoms with van der Waals surface area (Å²) < 4.78 is 40.9. The minimum Gasteiger partial charge on any atom is -0.453 e. The Morgan fingerprint density at radius 3 is 1.96 bits per heavy atom. The number of carbonyl (C=O) groups excluding carboxylic acids is 4. The first-order chi connectivity index (χ1) is 26.6. The molecule has 2 aliphatic heterocycles. The highest BCUT2D eigenvalue weighted by Crippen LogP contribution is 2.37. The van der Waals surface area contributed by atoms with Crippen molar-refractivity contribution >= 4 is 29.7 Å². The number of piperidine rings is 1. The molecule has 5 rings (SSSR count). The van der Waals surface area contributed by atoms with Crippen molar-refractivity contribution in [1.29, 1.82) is 0 Å². The van der Waals surface area contributed by atoms with E-state index >= 15 is 8.78 Å². The predicted molar refractivity (Wildman–Crippen MR) is 204 cm³/mol. The van der Waals surface area contributed by atoms with Gasteiger partial charge >= 0.3 is 12.2 Å². The molecule has 2 aromatic heterocycles. The fraction of sp³-hybridized carbons (Fsp3) is 0.590. The number of alkyl carbamates (subject to hydrolysis) is 2. The highest BCUT2D eigenvalue weighted by Gasteiger charge is 2.38. The van der Waals surface area contributed by atoms with Gasteiger partial charge in [-0.15, -0.1) is 0 Å². The van der Waals surface area contributed by atoms with E-state index < -0.39 is 41.9 Å². The molecule has 4 heterocycles. The summed E-state index contributed by atoms with van der Waals surface area (Å²) in [5, 5.41) is 8.24. The lowest BCUT2D eigenvalue weighted by Crippen LogP contribution is -2.51. The van der Waals surface area contributed by atoms with E-state index in [-0.39, 0.29) is 47.2 Å². The van der Waals surface area contributed by atoms with E-state index in [1.165, 1.54) is 32.5 Å². The number of nitrogens with one attached hydrogen (secondary N) is 5. The number of carbonyl (C=O) groups is 4. The van der Waals surface area contributed by atoms with Crippen molar-refractivity contribution in [2.45, 2.75) is 97.3 Å². The number of benzene rings is 1. The van der Waals surface area contributed by atoms with Crippen LogP contribution in [-0.2, 0) is 19.1 Å². The largest absolute Gasteiger partial charge is 0.453 e. The quantitative estimate of drug-likeness (QED) is 0.145. The van der Waals surface area contributed by atoms with Gasteiger partial charge in [-0.3, -0.25) is 9.59 Å². The van der Waals surface area contributed by atoms with E-state index in [2.05, 4.69) is 40.6 Å². The molecule has 15 nitrogen and oxygen atoms in total. The lowest BCUT2D eigenvalue weighted by atomic mass is 9.93. The minimum absolute atomic E-state index is 0.0195. The molecule has 306 valence electrons. The van der Waals surface area contributed by atoms with Gasteiger partial charge in [-0.1, -0.05) is 41.5 Å². The van der Waals surface area contributed by atoms with Crippen molar-refractivity contribution in [3.05, 3.63) is 53.5 Å². The second kappa shape index (κ2) is 18.2. The fourth-order valence-electron chi connectivity index (χ4n) is 7.51. The van der Waals surface area contributed by atoms with Gasteiger partial charge in [0.05, 0.1) is 38.2 Å². The highest BCUT2D eigenvalue weighted by molar-refractivity contribution is 5.87. The number of methoxy groups -OCH3 is 2. The molecule has 3 aromatic rings. The molecule has 17 heteroatoms. The van der Waals surface area contributed by atoms with E-state index in [9.17, 15) is 19.2 Å². The van der Waals surface area contributed by atoms with E-state index in [0.717, 1.165) is 12.1 Å². The molecule has 4 atom stereocenters. The van der Waals surface area contributed by atoms with E-state index in [4.69, 9.17) is 4.74 Å². The van der Waals surface area contributed by atoms with Gasteiger partial charge in [0.2, 0.25) is 11.8 Å². The summed E-state index contributed by atoms with van der Waals surface area (Å²) in [5.74, 6) is -1.23. The van der Waals surface area contributed by atoms with Crippen LogP contribution in [0.3, 0.4) is 0 Å². The van der Waals surface area contributed by atoms with Crippen molar-refractivity contribution in [1.82, 2.24) is 40.8 Å². The maximum absolute atomic E-state index is 15.7. The number of nitrogens with zero attached hydrogens (tertiary/aromatic N) is 4. The number of aromatic amines is 2. The maximum Gasteiger partial charge on any atom is 0.407 e. The monoisotopic (exact) mass is 783 g/mol. The molecule has 2 aliphatic rings. The summed E-state index contributed by atoms with van der Waals surface area (Å²) in [4.78, 5) is 69.5. The van der Waals surface area contributed by atoms with Gasteiger partial charge in [0.1, 0.15) is 41.1 Å². The predicted octanol–water partition coefficient (Wildman–Crippen LogP) is 5.70. The average Bonchev–Trinajstić information content (AvgIpc) is 3.96. The van der Waals surface area contributed by atoms with Crippen LogP contribution in [-0.4, -0.2) is 94.8 Å². The number of aromatic nitrogens is 4. The molecule has 0 radical (unpaired) electrons. The van der Waals surface area contributed by atoms with Gasteiger partial charge in [0.15, 0.2) is 0 Å². The molecular weight excluding hydrogens is 728 g/mol. The van der Waals surface area contributed by atoms with E-state index in [1.807, 2.05) is 41.5 Å². The van der Waals surface area contributed by atoms with Crippen LogP contribution in [0.15, 0.2) is 24.5 Å². The number of anilines is 1. The van der Waals surface area contributed by atoms with Gasteiger partial charge in [0.25, 0.3) is 0 Å². The number of halogens is 2. The van der Waals surface area contributed by atoms with Gasteiger partial charge < -0.3 is 45.2 Å². The minimum atomic E-state index is -0.795. The van der Waals surface area contributed by atoms with Crippen LogP contribution in [0.1, 0.15) is 103 Å². The van der Waals surface area contributed by atoms with Gasteiger partial charge in [-0.25, -0.2) is 28.3 Å². The summed E-state index contributed by atoms with van der Waals surface area (Å²) in [7, 11) is 2.49. The Labute approximate surface area is 326 Å². The molecule has 4 amide bonds. The van der Waals surface area contributed by atoms with Crippen LogP contribution in [0.5, 0.6) is 0 Å². The third-order valence-electron chi connectivity index (χ3n) is 10.7. The van der Waals surface area contributed by atoms with Crippen molar-refractivity contribution in [2.24, 2.45) is 17.8 Å². The Balaban J connectivity index is 1.23. The van der Waals surface area contributed by atoms with Gasteiger partial charge in [-0.05, 0) is 55.6 Å². The Kier molecular flexibility index (Phi) is 13.6. The summed E-state index contributed by atoms with van der Waals surface area (Å²) in [6.45, 7) is 12.6. The summed E-state index contributed by atoms with van der Waals surface area (Å²) in [6.07, 6.45) is 4.50. The Hall–Kier alpha value is -5.22. The third kappa shape index (κ3) is 9.41. The lowest BCUT2D eigenvalue weighted by Gasteiger charge is -2.33. The molecular formula is C39H55F2N9O6. The Morgan fingerprint density at radius 1 is 0.786 bits per heavy atom. The number of H-pyrrole nitrogens is 2. The van der Waals surface area contributed by atoms with Crippen LogP contribution >= 0.6 is 0 Å². The number of hydrogen-bond donors (Lipinski definition) is 5. The van der Waals surface area contributed by atoms with Crippen LogP contribution < -0.4 is 20.9 Å². The first-order valence-corrected chi connectivity index (χ1v) is 19.3. The molecule has 0 saturated carbocycles. The van der Waals surface area contributed by atoms with Crippen molar-refractivity contribution < 1.29 is 37.4 Å². The SMILES string of the molecule is COC(=O)N[C@H](C(=O)N[C@H](c1ncc(C2CCN(c3c(F)cc(-c4cnc([C@@H]5CCCN5C(=O)[C@@H](NC(=O)OC)C(C)C)[nH]4)cc3F)CC2)[nH]1)C(C)C)C(C)C. The molecule has 5 N–H and O–H groups in total. The molecule has 0 spiro atoms. The number of amides is 4. The lowest BCUT2D eigenvalue weighted by molar-refractivity contribution is -0.135. The number of rotatable bonds is 13. The number of hydrogen-bond acceptors (Lipinski definition) is 9. The third-order valence-corrected chi connectivity index (χ3v) is 10.7. The standard InChI is InChI=1S/C39H55F2N9O6/c1-20(2)30(46-36(51)31(21(3)4)47-38(53)55-7)35-43-18-27(45-35)23-11-14-49(15-12-23)33-25(40)16-24(17-26(33)41)28-19-42-34(44-28)29-10-9-13-50(29)37(52)32(22(5)6)48-39(54)56-8/h16-23,29-32H,9-15H2,1-8H3,(H,42,44)(H,43,45)(H,46,51)(H,47,53)(H,48,54)/t29-,30-,31-,32-/m0/s1. The zero-order valence-electron chi connectivity index (χ0n) is 33.4. The van der Waals surface area contributed by atoms with Crippen molar-refractivity contribution in [3.8, 4) is 11.3 Å². The van der Waals surface area contributed by atoms with Crippen molar-refractivity contribution in [2.75, 3.05) is 38.8 Å². The topological polar surface area (TPSA) is 187 Å². The summed E-state index contributed by atoms with van der Waals surface area (Å²) in [6, 6.07) is 0.170. The number of ether oxygens (including phenoxy) is 2. The molecule has 2 fully saturated rings. The molecule has 0 aliphatic carbocycles. The van der Waals surface area contributed by atoms with Crippen LogP contribution in [0.2, 0.25) is 0 Å². The number of imidazole rings is 2. The smallest absolute Gasteiger partial charge is 0.407 e. The Bertz CT molecular complexity index is 1830. The Morgan fingerprint density at radius 2 is 1.39 bits per heavy atom. The van der Waals surface area contributed by atoms with Gasteiger partial charge in [0, 0.05) is 43.0 Å². The molecule has 56 heavy (non-hydrogen) atoms. The molecule has 0 unspecified atom stereocenters. The van der Waals surface area contributed by atoms with Gasteiger partial charge in [-0.2, -0.15) is 0 Å². The molecule has 0 bridgehead atoms. The second-order valence-corrected chi connectivity index (χ2v) is 15.6. The first kappa shape index (κ1) is 41.9. The van der Waals surface area contributed by atoms with E-state index in [0.29, 0.717) is 61.8 Å².